The van der Waals surface area contributed by atoms with Gasteiger partial charge < -0.3 is 42.6 Å². The summed E-state index contributed by atoms with van der Waals surface area (Å²) in [6.07, 6.45) is 7.14. The number of benzene rings is 2. The summed E-state index contributed by atoms with van der Waals surface area (Å²) >= 11 is 0. The minimum Gasteiger partial charge on any atom is -0.496 e. The van der Waals surface area contributed by atoms with Gasteiger partial charge in [0, 0.05) is 75.9 Å². The van der Waals surface area contributed by atoms with Crippen molar-refractivity contribution in [3.8, 4) is 11.5 Å². The van der Waals surface area contributed by atoms with Gasteiger partial charge in [0.05, 0.1) is 61.0 Å². The Bertz CT molecular complexity index is 1400. The molecule has 49 heavy (non-hydrogen) atoms. The third-order valence-corrected chi connectivity index (χ3v) is 10.6. The maximum atomic E-state index is 6.00. The van der Waals surface area contributed by atoms with E-state index in [1.807, 2.05) is 0 Å². The number of hydrogen-bond donors (Lipinski definition) is 0. The number of hydrogen-bond acceptors (Lipinski definition) is 9. The van der Waals surface area contributed by atoms with Crippen LogP contribution < -0.4 is 9.47 Å². The molecule has 1 saturated carbocycles. The molecule has 9 heteroatoms. The van der Waals surface area contributed by atoms with Crippen molar-refractivity contribution in [1.82, 2.24) is 0 Å². The highest BCUT2D eigenvalue weighted by molar-refractivity contribution is 5.51. The van der Waals surface area contributed by atoms with Crippen LogP contribution in [0.25, 0.3) is 0 Å². The summed E-state index contributed by atoms with van der Waals surface area (Å²) in [5.74, 6) is 2.88. The molecule has 2 aliphatic carbocycles. The second-order valence-corrected chi connectivity index (χ2v) is 13.6. The smallest absolute Gasteiger partial charge is 0.129 e. The third-order valence-electron chi connectivity index (χ3n) is 10.6. The van der Waals surface area contributed by atoms with Gasteiger partial charge in [-0.1, -0.05) is 13.0 Å². The second kappa shape index (κ2) is 17.8. The Morgan fingerprint density at radius 3 is 1.43 bits per heavy atom. The summed E-state index contributed by atoms with van der Waals surface area (Å²) in [7, 11) is 15.5. The molecule has 9 nitrogen and oxygen atoms in total. The van der Waals surface area contributed by atoms with E-state index in [0.717, 1.165) is 82.8 Å². The van der Waals surface area contributed by atoms with E-state index in [-0.39, 0.29) is 10.8 Å². The van der Waals surface area contributed by atoms with Crippen LogP contribution in [-0.2, 0) is 65.0 Å². The maximum absolute atomic E-state index is 6.00. The highest BCUT2D eigenvalue weighted by atomic mass is 16.5. The molecule has 0 N–H and O–H groups in total. The molecule has 2 aliphatic rings. The number of rotatable bonds is 18. The van der Waals surface area contributed by atoms with Gasteiger partial charge in [-0.2, -0.15) is 0 Å². The summed E-state index contributed by atoms with van der Waals surface area (Å²) in [6, 6.07) is 9.15. The maximum Gasteiger partial charge on any atom is 0.129 e. The first kappa shape index (κ1) is 38.9. The van der Waals surface area contributed by atoms with E-state index >= 15 is 0 Å². The first-order valence-electron chi connectivity index (χ1n) is 17.0. The zero-order valence-electron chi connectivity index (χ0n) is 31.4. The van der Waals surface area contributed by atoms with Gasteiger partial charge in [-0.05, 0) is 84.4 Å². The van der Waals surface area contributed by atoms with Gasteiger partial charge in [0.2, 0.25) is 0 Å². The Hall–Kier alpha value is -2.92. The van der Waals surface area contributed by atoms with Gasteiger partial charge in [-0.15, -0.1) is 0 Å². The van der Waals surface area contributed by atoms with Crippen molar-refractivity contribution < 1.29 is 42.6 Å². The Labute approximate surface area is 293 Å². The van der Waals surface area contributed by atoms with Crippen LogP contribution in [0.2, 0.25) is 0 Å². The van der Waals surface area contributed by atoms with Crippen molar-refractivity contribution in [2.75, 3.05) is 77.2 Å². The van der Waals surface area contributed by atoms with Gasteiger partial charge in [-0.25, -0.2) is 0 Å². The van der Waals surface area contributed by atoms with Gasteiger partial charge in [0.1, 0.15) is 17.3 Å². The number of methoxy groups -OCH3 is 9. The summed E-state index contributed by atoms with van der Waals surface area (Å²) in [5, 5.41) is 0. The Kier molecular flexibility index (Phi) is 14.1. The third kappa shape index (κ3) is 8.03. The van der Waals surface area contributed by atoms with E-state index < -0.39 is 0 Å². The number of ether oxygens (including phenoxy) is 9. The van der Waals surface area contributed by atoms with Crippen molar-refractivity contribution in [3.05, 3.63) is 80.6 Å². The van der Waals surface area contributed by atoms with Crippen molar-refractivity contribution in [2.45, 2.75) is 76.8 Å². The van der Waals surface area contributed by atoms with E-state index in [0.29, 0.717) is 45.6 Å². The van der Waals surface area contributed by atoms with E-state index in [9.17, 15) is 0 Å². The van der Waals surface area contributed by atoms with Crippen LogP contribution in [0.15, 0.2) is 47.2 Å². The molecular weight excluding hydrogens is 624 g/mol. The topological polar surface area (TPSA) is 83.1 Å². The molecule has 0 spiro atoms. The van der Waals surface area contributed by atoms with Gasteiger partial charge in [0.15, 0.2) is 0 Å². The summed E-state index contributed by atoms with van der Waals surface area (Å²) in [4.78, 5) is 0. The zero-order chi connectivity index (χ0) is 35.6. The Morgan fingerprint density at radius 2 is 1.02 bits per heavy atom. The van der Waals surface area contributed by atoms with Crippen LogP contribution >= 0.6 is 0 Å². The molecule has 0 saturated heterocycles. The van der Waals surface area contributed by atoms with Crippen LogP contribution in [0.4, 0.5) is 0 Å². The van der Waals surface area contributed by atoms with Crippen molar-refractivity contribution in [1.29, 1.82) is 0 Å². The van der Waals surface area contributed by atoms with Gasteiger partial charge in [0.25, 0.3) is 0 Å². The monoisotopic (exact) mass is 682 g/mol. The summed E-state index contributed by atoms with van der Waals surface area (Å²) < 4.78 is 51.9. The van der Waals surface area contributed by atoms with E-state index in [4.69, 9.17) is 42.6 Å². The quantitative estimate of drug-likeness (QED) is 0.160. The molecule has 4 rings (SSSR count). The lowest BCUT2D eigenvalue weighted by atomic mass is 9.50. The van der Waals surface area contributed by atoms with Gasteiger partial charge in [-0.3, -0.25) is 0 Å². The molecular formula is C40H58O9. The van der Waals surface area contributed by atoms with Crippen molar-refractivity contribution in [2.24, 2.45) is 5.41 Å². The first-order chi connectivity index (χ1) is 23.7. The van der Waals surface area contributed by atoms with E-state index in [2.05, 4.69) is 37.3 Å². The minimum absolute atomic E-state index is 0.241. The molecule has 0 aromatic heterocycles. The Balaban J connectivity index is 1.90. The molecule has 272 valence electrons. The fraction of sp³-hybridized carbons (Fsp3) is 0.600. The molecule has 0 heterocycles. The fourth-order valence-electron chi connectivity index (χ4n) is 8.64. The zero-order valence-corrected chi connectivity index (χ0v) is 31.4. The average molecular weight is 683 g/mol. The molecule has 1 atom stereocenters. The number of allylic oxidation sites excluding steroid dienone is 1. The lowest BCUT2D eigenvalue weighted by molar-refractivity contribution is 0.106. The van der Waals surface area contributed by atoms with Crippen LogP contribution in [0.5, 0.6) is 11.5 Å². The predicted molar refractivity (Wildman–Crippen MR) is 190 cm³/mol. The fourth-order valence-corrected chi connectivity index (χ4v) is 8.64. The SMILES string of the molecule is COCC1=CC(C)(C2(c3cc(COC)c(OC)c(COC)c3)CCC(c3cc(COC)c(OC)c(COC)c3)CC2)CC(COC)=C1OC. The minimum atomic E-state index is -0.284. The standard InChI is InChI=1S/C40H58O9/c1-39(19-33(25-45-6)38(49-10)34(20-39)26-46-7)40(35-17-31(23-43-4)37(48-9)32(18-35)24-44-5)13-11-27(12-14-40)28-15-29(21-41-2)36(47-8)30(16-28)22-42-3/h15-19,27H,11-14,20-26H2,1-10H3. The molecule has 0 amide bonds. The highest BCUT2D eigenvalue weighted by Crippen LogP contribution is 2.60. The molecule has 1 fully saturated rings. The van der Waals surface area contributed by atoms with Crippen molar-refractivity contribution >= 4 is 0 Å². The summed E-state index contributed by atoms with van der Waals surface area (Å²) in [6.45, 7) is 5.17. The lowest BCUT2D eigenvalue weighted by Gasteiger charge is -2.54. The lowest BCUT2D eigenvalue weighted by Crippen LogP contribution is -2.47. The molecule has 2 aromatic rings. The average Bonchev–Trinajstić information content (AvgIpc) is 3.09. The van der Waals surface area contributed by atoms with Crippen LogP contribution in [0.3, 0.4) is 0 Å². The molecule has 2 aromatic carbocycles. The van der Waals surface area contributed by atoms with E-state index in [1.165, 1.54) is 11.1 Å². The molecule has 0 bridgehead atoms. The van der Waals surface area contributed by atoms with Crippen LogP contribution in [-0.4, -0.2) is 77.2 Å². The van der Waals surface area contributed by atoms with E-state index in [1.54, 1.807) is 64.0 Å². The largest absolute Gasteiger partial charge is 0.496 e. The van der Waals surface area contributed by atoms with Crippen LogP contribution in [0, 0.1) is 5.41 Å². The van der Waals surface area contributed by atoms with Crippen molar-refractivity contribution in [3.63, 3.8) is 0 Å². The molecule has 0 aliphatic heterocycles. The predicted octanol–water partition coefficient (Wildman–Crippen LogP) is 7.41. The highest BCUT2D eigenvalue weighted by Gasteiger charge is 2.52. The molecule has 0 radical (unpaired) electrons. The second-order valence-electron chi connectivity index (χ2n) is 13.6. The Morgan fingerprint density at radius 1 is 0.571 bits per heavy atom. The first-order valence-corrected chi connectivity index (χ1v) is 17.0. The normalized spacial score (nSPS) is 22.7. The summed E-state index contributed by atoms with van der Waals surface area (Å²) in [5.41, 5.74) is 8.38. The van der Waals surface area contributed by atoms with Gasteiger partial charge >= 0.3 is 0 Å². The molecule has 1 unspecified atom stereocenters. The van der Waals surface area contributed by atoms with Crippen LogP contribution in [0.1, 0.15) is 78.3 Å².